The number of hydrogen-bond acceptors (Lipinski definition) is 5. The number of nitrogens with zero attached hydrogens (tertiary/aromatic N) is 1. The molecule has 2 aliphatic heterocycles. The van der Waals surface area contributed by atoms with Gasteiger partial charge in [0.25, 0.3) is 0 Å². The van der Waals surface area contributed by atoms with Crippen molar-refractivity contribution in [1.29, 1.82) is 0 Å². The summed E-state index contributed by atoms with van der Waals surface area (Å²) in [5.74, 6) is -0.449. The van der Waals surface area contributed by atoms with Gasteiger partial charge in [0, 0.05) is 12.4 Å². The molecule has 2 saturated heterocycles. The molecule has 2 heterocycles. The maximum absolute atomic E-state index is 12.1. The van der Waals surface area contributed by atoms with Crippen molar-refractivity contribution >= 4 is 23.6 Å². The van der Waals surface area contributed by atoms with Gasteiger partial charge in [0.1, 0.15) is 11.6 Å². The van der Waals surface area contributed by atoms with E-state index in [1.54, 1.807) is 0 Å². The number of carboxylic acid groups (broad SMARTS) is 1. The third-order valence-corrected chi connectivity index (χ3v) is 3.92. The summed E-state index contributed by atoms with van der Waals surface area (Å²) in [7, 11) is 0. The van der Waals surface area contributed by atoms with Gasteiger partial charge < -0.3 is 20.5 Å². The lowest BCUT2D eigenvalue weighted by Gasteiger charge is -2.29. The number of hydrogen-bond donors (Lipinski definition) is 2. The Morgan fingerprint density at radius 3 is 2.88 bits per heavy atom. The second-order valence-electron chi connectivity index (χ2n) is 4.09. The van der Waals surface area contributed by atoms with Gasteiger partial charge in [-0.25, -0.2) is 4.79 Å². The number of nitrogens with two attached hydrogens (primary N) is 1. The molecule has 1 amide bonds. The van der Waals surface area contributed by atoms with Crippen molar-refractivity contribution in [2.75, 3.05) is 24.8 Å². The lowest BCUT2D eigenvalue weighted by atomic mass is 9.98. The van der Waals surface area contributed by atoms with E-state index in [0.29, 0.717) is 24.7 Å². The van der Waals surface area contributed by atoms with Gasteiger partial charge in [-0.2, -0.15) is 0 Å². The molecule has 2 unspecified atom stereocenters. The molecule has 2 aliphatic rings. The predicted octanol–water partition coefficient (Wildman–Crippen LogP) is -0.910. The number of ether oxygens (including phenoxy) is 1. The Morgan fingerprint density at radius 2 is 2.31 bits per heavy atom. The first-order valence-corrected chi connectivity index (χ1v) is 6.18. The molecule has 3 N–H and O–H groups in total. The Balaban J connectivity index is 2.12. The standard InChI is InChI=1S/C9H14N2O4S/c10-9(1-2-15-4-9)8(14)11-5-16-3-6(11)7(12)13/h6H,1-5,10H2,(H,12,13). The Kier molecular flexibility index (Phi) is 3.09. The summed E-state index contributed by atoms with van der Waals surface area (Å²) in [6, 6.07) is -0.751. The Bertz CT molecular complexity index is 317. The monoisotopic (exact) mass is 246 g/mol. The van der Waals surface area contributed by atoms with Gasteiger partial charge in [0.15, 0.2) is 0 Å². The lowest BCUT2D eigenvalue weighted by Crippen LogP contribution is -2.58. The average Bonchev–Trinajstić information content (AvgIpc) is 2.85. The van der Waals surface area contributed by atoms with Crippen LogP contribution in [0.1, 0.15) is 6.42 Å². The molecule has 0 aliphatic carbocycles. The zero-order chi connectivity index (χ0) is 11.8. The Hall–Kier alpha value is -0.790. The van der Waals surface area contributed by atoms with Crippen LogP contribution in [-0.2, 0) is 14.3 Å². The number of thioether (sulfide) groups is 1. The quantitative estimate of drug-likeness (QED) is 0.655. The molecule has 7 heteroatoms. The molecule has 0 bridgehead atoms. The van der Waals surface area contributed by atoms with Gasteiger partial charge in [-0.3, -0.25) is 4.79 Å². The van der Waals surface area contributed by atoms with Crippen molar-refractivity contribution in [2.24, 2.45) is 5.73 Å². The van der Waals surface area contributed by atoms with Crippen molar-refractivity contribution in [1.82, 2.24) is 4.90 Å². The zero-order valence-electron chi connectivity index (χ0n) is 8.72. The van der Waals surface area contributed by atoms with Crippen molar-refractivity contribution < 1.29 is 19.4 Å². The van der Waals surface area contributed by atoms with E-state index in [0.717, 1.165) is 0 Å². The fraction of sp³-hybridized carbons (Fsp3) is 0.778. The smallest absolute Gasteiger partial charge is 0.327 e. The summed E-state index contributed by atoms with van der Waals surface area (Å²) >= 11 is 1.43. The van der Waals surface area contributed by atoms with Crippen molar-refractivity contribution in [3.8, 4) is 0 Å². The minimum atomic E-state index is -1.03. The SMILES string of the molecule is NC1(C(=O)N2CSCC2C(=O)O)CCOC1. The summed E-state index contributed by atoms with van der Waals surface area (Å²) < 4.78 is 5.11. The Labute approximate surface area is 97.1 Å². The van der Waals surface area contributed by atoms with Crippen LogP contribution >= 0.6 is 11.8 Å². The van der Waals surface area contributed by atoms with Crippen LogP contribution < -0.4 is 5.73 Å². The van der Waals surface area contributed by atoms with Crippen molar-refractivity contribution in [3.63, 3.8) is 0 Å². The van der Waals surface area contributed by atoms with Gasteiger partial charge in [0.2, 0.25) is 5.91 Å². The largest absolute Gasteiger partial charge is 0.480 e. The summed E-state index contributed by atoms with van der Waals surface area (Å²) in [5, 5.41) is 8.98. The highest BCUT2D eigenvalue weighted by atomic mass is 32.2. The van der Waals surface area contributed by atoms with E-state index in [9.17, 15) is 9.59 Å². The molecule has 90 valence electrons. The van der Waals surface area contributed by atoms with Crippen LogP contribution in [-0.4, -0.2) is 58.3 Å². The second-order valence-corrected chi connectivity index (χ2v) is 5.09. The van der Waals surface area contributed by atoms with E-state index in [1.807, 2.05) is 0 Å². The molecule has 2 fully saturated rings. The maximum atomic E-state index is 12.1. The van der Waals surface area contributed by atoms with E-state index in [2.05, 4.69) is 0 Å². The summed E-state index contributed by atoms with van der Waals surface area (Å²) in [6.07, 6.45) is 0.458. The molecular formula is C9H14N2O4S. The molecule has 0 aromatic heterocycles. The van der Waals surface area contributed by atoms with Crippen LogP contribution in [0.4, 0.5) is 0 Å². The molecule has 0 spiro atoms. The first-order valence-electron chi connectivity index (χ1n) is 5.03. The summed E-state index contributed by atoms with van der Waals surface area (Å²) in [4.78, 5) is 24.4. The van der Waals surface area contributed by atoms with E-state index in [-0.39, 0.29) is 12.5 Å². The number of carboxylic acids is 1. The first-order chi connectivity index (χ1) is 7.54. The van der Waals surface area contributed by atoms with Gasteiger partial charge in [-0.15, -0.1) is 11.8 Å². The van der Waals surface area contributed by atoms with E-state index in [4.69, 9.17) is 15.6 Å². The predicted molar refractivity (Wildman–Crippen MR) is 57.9 cm³/mol. The fourth-order valence-corrected chi connectivity index (χ4v) is 3.03. The third kappa shape index (κ3) is 1.90. The molecular weight excluding hydrogens is 232 g/mol. The average molecular weight is 246 g/mol. The topological polar surface area (TPSA) is 92.9 Å². The van der Waals surface area contributed by atoms with Crippen LogP contribution in [0, 0.1) is 0 Å². The molecule has 6 nitrogen and oxygen atoms in total. The zero-order valence-corrected chi connectivity index (χ0v) is 9.53. The molecule has 0 aromatic rings. The van der Waals surface area contributed by atoms with Gasteiger partial charge in [-0.05, 0) is 6.42 Å². The molecule has 0 saturated carbocycles. The minimum Gasteiger partial charge on any atom is -0.480 e. The highest BCUT2D eigenvalue weighted by molar-refractivity contribution is 7.99. The summed E-state index contributed by atoms with van der Waals surface area (Å²) in [6.45, 7) is 0.639. The van der Waals surface area contributed by atoms with Crippen LogP contribution in [0.3, 0.4) is 0 Å². The van der Waals surface area contributed by atoms with Crippen LogP contribution in [0.2, 0.25) is 0 Å². The van der Waals surface area contributed by atoms with Crippen LogP contribution in [0.25, 0.3) is 0 Å². The fourth-order valence-electron chi connectivity index (χ4n) is 1.88. The molecule has 0 radical (unpaired) electrons. The number of rotatable bonds is 2. The molecule has 2 atom stereocenters. The number of carbonyl (C=O) groups excluding carboxylic acids is 1. The molecule has 2 rings (SSSR count). The second kappa shape index (κ2) is 4.23. The molecule has 0 aromatic carbocycles. The number of carbonyl (C=O) groups is 2. The van der Waals surface area contributed by atoms with E-state index >= 15 is 0 Å². The van der Waals surface area contributed by atoms with Crippen molar-refractivity contribution in [3.05, 3.63) is 0 Å². The Morgan fingerprint density at radius 1 is 1.56 bits per heavy atom. The highest BCUT2D eigenvalue weighted by Gasteiger charge is 2.46. The van der Waals surface area contributed by atoms with E-state index in [1.165, 1.54) is 16.7 Å². The van der Waals surface area contributed by atoms with Gasteiger partial charge in [0.05, 0.1) is 12.5 Å². The number of aliphatic carboxylic acids is 1. The summed E-state index contributed by atoms with van der Waals surface area (Å²) in [5.41, 5.74) is 4.90. The van der Waals surface area contributed by atoms with Crippen LogP contribution in [0.5, 0.6) is 0 Å². The lowest BCUT2D eigenvalue weighted by molar-refractivity contribution is -0.150. The van der Waals surface area contributed by atoms with Gasteiger partial charge in [-0.1, -0.05) is 0 Å². The third-order valence-electron chi connectivity index (χ3n) is 2.91. The first kappa shape index (κ1) is 11.7. The minimum absolute atomic E-state index is 0.180. The van der Waals surface area contributed by atoms with Crippen molar-refractivity contribution in [2.45, 2.75) is 18.0 Å². The number of amides is 1. The van der Waals surface area contributed by atoms with Gasteiger partial charge >= 0.3 is 5.97 Å². The normalized spacial score (nSPS) is 34.3. The highest BCUT2D eigenvalue weighted by Crippen LogP contribution is 2.26. The van der Waals surface area contributed by atoms with Crippen LogP contribution in [0.15, 0.2) is 0 Å². The maximum Gasteiger partial charge on any atom is 0.327 e. The molecule has 16 heavy (non-hydrogen) atoms. The van der Waals surface area contributed by atoms with E-state index < -0.39 is 17.6 Å².